The molecule has 2 aromatic heterocycles. The first-order valence-electron chi connectivity index (χ1n) is 7.02. The molecule has 112 valence electrons. The van der Waals surface area contributed by atoms with Crippen LogP contribution in [0.5, 0.6) is 0 Å². The van der Waals surface area contributed by atoms with E-state index in [1.54, 1.807) is 22.2 Å². The average molecular weight is 312 g/mol. The van der Waals surface area contributed by atoms with Gasteiger partial charge in [-0.25, -0.2) is 4.68 Å². The molecule has 0 bridgehead atoms. The number of thiophene rings is 1. The zero-order chi connectivity index (χ0) is 15.4. The van der Waals surface area contributed by atoms with Gasteiger partial charge >= 0.3 is 0 Å². The molecule has 22 heavy (non-hydrogen) atoms. The number of hydrogen-bond donors (Lipinski definition) is 1. The number of aromatic nitrogens is 3. The second-order valence-corrected chi connectivity index (χ2v) is 6.00. The van der Waals surface area contributed by atoms with E-state index in [0.717, 1.165) is 12.1 Å². The van der Waals surface area contributed by atoms with Gasteiger partial charge in [-0.05, 0) is 36.9 Å². The molecule has 0 saturated heterocycles. The van der Waals surface area contributed by atoms with E-state index in [2.05, 4.69) is 21.7 Å². The molecule has 1 amide bonds. The van der Waals surface area contributed by atoms with Crippen LogP contribution in [-0.2, 0) is 6.42 Å². The Kier molecular flexibility index (Phi) is 4.29. The number of carbonyl (C=O) groups is 1. The lowest BCUT2D eigenvalue weighted by molar-refractivity contribution is 0.0949. The molecule has 1 N–H and O–H groups in total. The van der Waals surface area contributed by atoms with E-state index in [0.29, 0.717) is 12.2 Å². The number of aryl methyl sites for hydroxylation is 1. The molecule has 0 aliphatic heterocycles. The topological polar surface area (TPSA) is 59.8 Å². The van der Waals surface area contributed by atoms with Crippen LogP contribution in [0.4, 0.5) is 0 Å². The Hall–Kier alpha value is -2.47. The Labute approximate surface area is 132 Å². The Morgan fingerprint density at radius 3 is 2.82 bits per heavy atom. The van der Waals surface area contributed by atoms with Crippen LogP contribution in [0.3, 0.4) is 0 Å². The van der Waals surface area contributed by atoms with E-state index >= 15 is 0 Å². The normalized spacial score (nSPS) is 10.6. The number of rotatable bonds is 5. The van der Waals surface area contributed by atoms with Crippen molar-refractivity contribution in [1.29, 1.82) is 0 Å². The average Bonchev–Trinajstić information content (AvgIpc) is 3.19. The van der Waals surface area contributed by atoms with Crippen molar-refractivity contribution in [3.8, 4) is 5.69 Å². The molecule has 0 radical (unpaired) electrons. The summed E-state index contributed by atoms with van der Waals surface area (Å²) in [6.45, 7) is 2.62. The molecule has 0 atom stereocenters. The molecular weight excluding hydrogens is 296 g/mol. The lowest BCUT2D eigenvalue weighted by Gasteiger charge is -2.01. The highest BCUT2D eigenvalue weighted by atomic mass is 32.1. The van der Waals surface area contributed by atoms with Crippen LogP contribution >= 0.6 is 11.3 Å². The van der Waals surface area contributed by atoms with Crippen molar-refractivity contribution in [3.05, 3.63) is 64.1 Å². The third-order valence-electron chi connectivity index (χ3n) is 3.26. The van der Waals surface area contributed by atoms with E-state index in [1.807, 2.05) is 42.6 Å². The van der Waals surface area contributed by atoms with Gasteiger partial charge in [-0.1, -0.05) is 29.0 Å². The molecule has 1 aromatic carbocycles. The summed E-state index contributed by atoms with van der Waals surface area (Å²) in [4.78, 5) is 13.3. The highest BCUT2D eigenvalue weighted by molar-refractivity contribution is 7.09. The summed E-state index contributed by atoms with van der Waals surface area (Å²) < 4.78 is 1.60. The zero-order valence-electron chi connectivity index (χ0n) is 12.2. The number of amides is 1. The summed E-state index contributed by atoms with van der Waals surface area (Å²) in [5, 5.41) is 12.8. The Balaban J connectivity index is 1.60. The maximum Gasteiger partial charge on any atom is 0.273 e. The first kappa shape index (κ1) is 14.5. The SMILES string of the molecule is Cc1ccc(-n2cc(C(=O)NCCc3cccs3)nn2)cc1. The lowest BCUT2D eigenvalue weighted by atomic mass is 10.2. The molecule has 6 heteroatoms. The van der Waals surface area contributed by atoms with Crippen LogP contribution in [0, 0.1) is 6.92 Å². The maximum absolute atomic E-state index is 12.0. The van der Waals surface area contributed by atoms with Crippen molar-refractivity contribution in [2.24, 2.45) is 0 Å². The van der Waals surface area contributed by atoms with Gasteiger partial charge < -0.3 is 5.32 Å². The Morgan fingerprint density at radius 1 is 1.27 bits per heavy atom. The minimum atomic E-state index is -0.199. The second-order valence-electron chi connectivity index (χ2n) is 4.97. The lowest BCUT2D eigenvalue weighted by Crippen LogP contribution is -2.25. The molecule has 0 aliphatic rings. The standard InChI is InChI=1S/C16H16N4OS/c1-12-4-6-13(7-5-12)20-11-15(18-19-20)16(21)17-9-8-14-3-2-10-22-14/h2-7,10-11H,8-9H2,1H3,(H,17,21). The largest absolute Gasteiger partial charge is 0.350 e. The third-order valence-corrected chi connectivity index (χ3v) is 4.20. The van der Waals surface area contributed by atoms with Crippen molar-refractivity contribution in [2.45, 2.75) is 13.3 Å². The van der Waals surface area contributed by atoms with Crippen molar-refractivity contribution in [2.75, 3.05) is 6.54 Å². The van der Waals surface area contributed by atoms with Gasteiger partial charge in [0.15, 0.2) is 5.69 Å². The minimum absolute atomic E-state index is 0.199. The first-order chi connectivity index (χ1) is 10.7. The Morgan fingerprint density at radius 2 is 2.09 bits per heavy atom. The summed E-state index contributed by atoms with van der Waals surface area (Å²) in [6.07, 6.45) is 2.47. The van der Waals surface area contributed by atoms with Crippen LogP contribution in [0.25, 0.3) is 5.69 Å². The molecule has 0 spiro atoms. The molecular formula is C16H16N4OS. The molecule has 0 unspecified atom stereocenters. The van der Waals surface area contributed by atoms with E-state index < -0.39 is 0 Å². The van der Waals surface area contributed by atoms with Gasteiger partial charge in [0.1, 0.15) is 0 Å². The molecule has 0 saturated carbocycles. The molecule has 2 heterocycles. The fraction of sp³-hybridized carbons (Fsp3) is 0.188. The van der Waals surface area contributed by atoms with Crippen LogP contribution in [0.2, 0.25) is 0 Å². The van der Waals surface area contributed by atoms with E-state index in [9.17, 15) is 4.79 Å². The molecule has 0 aliphatic carbocycles. The highest BCUT2D eigenvalue weighted by Gasteiger charge is 2.11. The second kappa shape index (κ2) is 6.53. The number of nitrogens with one attached hydrogen (secondary N) is 1. The summed E-state index contributed by atoms with van der Waals surface area (Å²) in [5.74, 6) is -0.199. The number of carbonyl (C=O) groups excluding carboxylic acids is 1. The van der Waals surface area contributed by atoms with Crippen molar-refractivity contribution in [3.63, 3.8) is 0 Å². The summed E-state index contributed by atoms with van der Waals surface area (Å²) in [5.41, 5.74) is 2.39. The molecule has 3 aromatic rings. The van der Waals surface area contributed by atoms with Gasteiger partial charge in [0.05, 0.1) is 11.9 Å². The Bertz CT molecular complexity index is 747. The van der Waals surface area contributed by atoms with Gasteiger partial charge in [0.2, 0.25) is 0 Å². The van der Waals surface area contributed by atoms with Crippen LogP contribution < -0.4 is 5.32 Å². The predicted molar refractivity (Wildman–Crippen MR) is 86.5 cm³/mol. The fourth-order valence-corrected chi connectivity index (χ4v) is 2.75. The summed E-state index contributed by atoms with van der Waals surface area (Å²) in [7, 11) is 0. The van der Waals surface area contributed by atoms with E-state index in [1.165, 1.54) is 10.4 Å². The zero-order valence-corrected chi connectivity index (χ0v) is 13.0. The molecule has 5 nitrogen and oxygen atoms in total. The van der Waals surface area contributed by atoms with Gasteiger partial charge in [0.25, 0.3) is 5.91 Å². The van der Waals surface area contributed by atoms with Crippen molar-refractivity contribution >= 4 is 17.2 Å². The predicted octanol–water partition coefficient (Wildman–Crippen LogP) is 2.61. The fourth-order valence-electron chi connectivity index (χ4n) is 2.04. The first-order valence-corrected chi connectivity index (χ1v) is 7.90. The van der Waals surface area contributed by atoms with Crippen molar-refractivity contribution in [1.82, 2.24) is 20.3 Å². The van der Waals surface area contributed by atoms with E-state index in [-0.39, 0.29) is 5.91 Å². The van der Waals surface area contributed by atoms with Crippen molar-refractivity contribution < 1.29 is 4.79 Å². The van der Waals surface area contributed by atoms with Gasteiger partial charge in [0, 0.05) is 11.4 Å². The quantitative estimate of drug-likeness (QED) is 0.788. The maximum atomic E-state index is 12.0. The van der Waals surface area contributed by atoms with Crippen LogP contribution in [0.1, 0.15) is 20.9 Å². The smallest absolute Gasteiger partial charge is 0.273 e. The number of nitrogens with zero attached hydrogens (tertiary/aromatic N) is 3. The highest BCUT2D eigenvalue weighted by Crippen LogP contribution is 2.09. The minimum Gasteiger partial charge on any atom is -0.350 e. The third kappa shape index (κ3) is 3.40. The number of benzene rings is 1. The van der Waals surface area contributed by atoms with E-state index in [4.69, 9.17) is 0 Å². The summed E-state index contributed by atoms with van der Waals surface area (Å²) in [6, 6.07) is 12.0. The van der Waals surface area contributed by atoms with Gasteiger partial charge in [-0.2, -0.15) is 0 Å². The van der Waals surface area contributed by atoms with Gasteiger partial charge in [-0.3, -0.25) is 4.79 Å². The molecule has 0 fully saturated rings. The van der Waals surface area contributed by atoms with Gasteiger partial charge in [-0.15, -0.1) is 16.4 Å². The molecule has 3 rings (SSSR count). The summed E-state index contributed by atoms with van der Waals surface area (Å²) >= 11 is 1.69. The monoisotopic (exact) mass is 312 g/mol. The number of hydrogen-bond acceptors (Lipinski definition) is 4. The van der Waals surface area contributed by atoms with Crippen LogP contribution in [0.15, 0.2) is 48.0 Å². The van der Waals surface area contributed by atoms with Crippen LogP contribution in [-0.4, -0.2) is 27.4 Å².